The van der Waals surface area contributed by atoms with E-state index in [4.69, 9.17) is 6.57 Å². The number of aliphatic hydroxyl groups excluding tert-OH is 2. The normalized spacial score (nSPS) is 25.5. The lowest BCUT2D eigenvalue weighted by Gasteiger charge is -2.22. The molecule has 2 N–H and O–H groups in total. The molecule has 1 fully saturated rings. The number of aliphatic hydroxyl groups is 2. The highest BCUT2D eigenvalue weighted by Crippen LogP contribution is 2.44. The molecule has 0 bridgehead atoms. The topological polar surface area (TPSA) is 57.7 Å². The predicted molar refractivity (Wildman–Crippen MR) is 116 cm³/mol. The molecule has 1 aliphatic rings. The molecule has 0 saturated heterocycles. The van der Waals surface area contributed by atoms with Crippen molar-refractivity contribution < 1.29 is 10.2 Å². The molecule has 1 heterocycles. The summed E-state index contributed by atoms with van der Waals surface area (Å²) in [6, 6.07) is 7.90. The summed E-state index contributed by atoms with van der Waals surface area (Å²) in [7, 11) is 0. The minimum atomic E-state index is -0.482. The molecule has 1 aliphatic carbocycles. The Kier molecular flexibility index (Phi) is 7.92. The van der Waals surface area contributed by atoms with Gasteiger partial charge in [0.2, 0.25) is 6.04 Å². The first kappa shape index (κ1) is 21.3. The maximum Gasteiger partial charge on any atom is 0.229 e. The second kappa shape index (κ2) is 10.4. The molecule has 2 aromatic rings. The van der Waals surface area contributed by atoms with Gasteiger partial charge in [-0.2, -0.15) is 0 Å². The maximum absolute atomic E-state index is 10.7. The van der Waals surface area contributed by atoms with E-state index in [1.807, 2.05) is 35.8 Å². The Hall–Kier alpha value is -1.39. The average molecular weight is 417 g/mol. The van der Waals surface area contributed by atoms with Crippen LogP contribution in [-0.4, -0.2) is 33.1 Å². The van der Waals surface area contributed by atoms with Crippen LogP contribution in [0.4, 0.5) is 0 Å². The second-order valence-electron chi connectivity index (χ2n) is 7.45. The van der Waals surface area contributed by atoms with Crippen LogP contribution in [0.3, 0.4) is 0 Å². The minimum Gasteiger partial charge on any atom is -0.392 e. The van der Waals surface area contributed by atoms with Crippen LogP contribution in [0, 0.1) is 12.5 Å². The Morgan fingerprint density at radius 3 is 2.79 bits per heavy atom. The largest absolute Gasteiger partial charge is 0.392 e. The Bertz CT molecular complexity index is 758. The Morgan fingerprint density at radius 1 is 1.36 bits per heavy atom. The number of thiazole rings is 1. The van der Waals surface area contributed by atoms with Crippen molar-refractivity contribution in [1.29, 1.82) is 0 Å². The fraction of sp³-hybridized carbons (Fsp3) is 0.545. The monoisotopic (exact) mass is 416 g/mol. The van der Waals surface area contributed by atoms with Gasteiger partial charge in [-0.15, -0.1) is 11.3 Å². The molecule has 0 radical (unpaired) electrons. The van der Waals surface area contributed by atoms with Gasteiger partial charge in [-0.3, -0.25) is 0 Å². The number of aromatic nitrogens is 1. The average Bonchev–Trinajstić information content (AvgIpc) is 3.34. The van der Waals surface area contributed by atoms with E-state index in [1.165, 1.54) is 0 Å². The summed E-state index contributed by atoms with van der Waals surface area (Å²) >= 11 is 3.37. The molecule has 0 spiro atoms. The summed E-state index contributed by atoms with van der Waals surface area (Å²) in [6.07, 6.45) is 5.19. The van der Waals surface area contributed by atoms with E-state index in [-0.39, 0.29) is 17.9 Å². The Labute approximate surface area is 175 Å². The summed E-state index contributed by atoms with van der Waals surface area (Å²) < 4.78 is 1.06. The zero-order valence-corrected chi connectivity index (χ0v) is 17.8. The SMILES string of the molecule is [C-]#[N+][C@@H]1C[C@@H](O)C(c2ccc(C(O)CCCC)cc2)C1CCSc1nccs1. The molecular formula is C22H28N2O2S2. The van der Waals surface area contributed by atoms with Crippen molar-refractivity contribution in [3.05, 3.63) is 58.4 Å². The molecule has 1 aromatic heterocycles. The number of thioether (sulfide) groups is 1. The van der Waals surface area contributed by atoms with Crippen molar-refractivity contribution in [3.8, 4) is 0 Å². The quantitative estimate of drug-likeness (QED) is 0.430. The van der Waals surface area contributed by atoms with Gasteiger partial charge >= 0.3 is 0 Å². The molecule has 6 heteroatoms. The predicted octanol–water partition coefficient (Wildman–Crippen LogP) is 5.30. The molecule has 3 unspecified atom stereocenters. The van der Waals surface area contributed by atoms with Gasteiger partial charge in [-0.05, 0) is 24.0 Å². The number of hydrogen-bond donors (Lipinski definition) is 2. The van der Waals surface area contributed by atoms with Crippen molar-refractivity contribution in [1.82, 2.24) is 4.98 Å². The van der Waals surface area contributed by atoms with Crippen molar-refractivity contribution in [2.24, 2.45) is 5.92 Å². The van der Waals surface area contributed by atoms with E-state index >= 15 is 0 Å². The first-order valence-electron chi connectivity index (χ1n) is 9.98. The lowest BCUT2D eigenvalue weighted by Crippen LogP contribution is -2.20. The van der Waals surface area contributed by atoms with E-state index in [0.29, 0.717) is 6.42 Å². The van der Waals surface area contributed by atoms with Crippen molar-refractivity contribution in [2.75, 3.05) is 5.75 Å². The lowest BCUT2D eigenvalue weighted by atomic mass is 9.84. The van der Waals surface area contributed by atoms with E-state index in [2.05, 4.69) is 16.8 Å². The standard InChI is InChI=1S/C22H28N2O2S2/c1-3-4-5-19(25)15-6-8-16(9-7-15)21-17(18(23-2)14-20(21)26)10-12-27-22-24-11-13-28-22/h6-9,11,13,17-21,25-26H,3-5,10,12,14H2,1H3/t17?,18-,19?,20-,21?/m1/s1. The number of hydrogen-bond acceptors (Lipinski definition) is 5. The van der Waals surface area contributed by atoms with Crippen LogP contribution < -0.4 is 0 Å². The molecule has 3 rings (SSSR count). The highest BCUT2D eigenvalue weighted by Gasteiger charge is 2.46. The summed E-state index contributed by atoms with van der Waals surface area (Å²) in [6.45, 7) is 9.69. The molecule has 0 amide bonds. The number of nitrogens with zero attached hydrogens (tertiary/aromatic N) is 2. The second-order valence-corrected chi connectivity index (χ2v) is 9.69. The van der Waals surface area contributed by atoms with Crippen LogP contribution in [0.25, 0.3) is 4.85 Å². The molecule has 150 valence electrons. The number of benzene rings is 1. The smallest absolute Gasteiger partial charge is 0.229 e. The molecule has 0 aliphatic heterocycles. The Morgan fingerprint density at radius 2 is 2.14 bits per heavy atom. The highest BCUT2D eigenvalue weighted by atomic mass is 32.2. The fourth-order valence-electron chi connectivity index (χ4n) is 4.15. The third-order valence-corrected chi connectivity index (χ3v) is 7.64. The van der Waals surface area contributed by atoms with Gasteiger partial charge < -0.3 is 15.1 Å². The van der Waals surface area contributed by atoms with Crippen LogP contribution in [0.1, 0.15) is 62.2 Å². The Balaban J connectivity index is 1.69. The van der Waals surface area contributed by atoms with Crippen molar-refractivity contribution in [3.63, 3.8) is 0 Å². The van der Waals surface area contributed by atoms with Crippen molar-refractivity contribution >= 4 is 23.1 Å². The first-order chi connectivity index (χ1) is 13.6. The number of rotatable bonds is 9. The lowest BCUT2D eigenvalue weighted by molar-refractivity contribution is 0.154. The van der Waals surface area contributed by atoms with Gasteiger partial charge in [0.15, 0.2) is 0 Å². The molecule has 1 saturated carbocycles. The van der Waals surface area contributed by atoms with E-state index in [0.717, 1.165) is 46.9 Å². The summed E-state index contributed by atoms with van der Waals surface area (Å²) in [5.41, 5.74) is 2.01. The third-order valence-electron chi connectivity index (χ3n) is 5.64. The van der Waals surface area contributed by atoms with Crippen molar-refractivity contribution in [2.45, 2.75) is 67.5 Å². The highest BCUT2D eigenvalue weighted by molar-refractivity contribution is 8.00. The minimum absolute atomic E-state index is 0.0159. The van der Waals surface area contributed by atoms with Crippen LogP contribution >= 0.6 is 23.1 Å². The van der Waals surface area contributed by atoms with E-state index in [1.54, 1.807) is 23.1 Å². The van der Waals surface area contributed by atoms with Crippen LogP contribution in [0.5, 0.6) is 0 Å². The molecule has 28 heavy (non-hydrogen) atoms. The molecule has 5 atom stereocenters. The van der Waals surface area contributed by atoms with Gasteiger partial charge in [-0.25, -0.2) is 11.6 Å². The van der Waals surface area contributed by atoms with Crippen LogP contribution in [0.2, 0.25) is 0 Å². The summed E-state index contributed by atoms with van der Waals surface area (Å²) in [4.78, 5) is 8.12. The van der Waals surface area contributed by atoms with Gasteiger partial charge in [0.1, 0.15) is 4.34 Å². The van der Waals surface area contributed by atoms with Gasteiger partial charge in [-0.1, -0.05) is 55.8 Å². The van der Waals surface area contributed by atoms with E-state index in [9.17, 15) is 10.2 Å². The van der Waals surface area contributed by atoms with Crippen LogP contribution in [0.15, 0.2) is 40.2 Å². The molecular weight excluding hydrogens is 388 g/mol. The fourth-order valence-corrected chi connectivity index (χ4v) is 5.90. The zero-order valence-electron chi connectivity index (χ0n) is 16.2. The maximum atomic E-state index is 10.7. The zero-order chi connectivity index (χ0) is 19.9. The van der Waals surface area contributed by atoms with Crippen LogP contribution in [-0.2, 0) is 0 Å². The summed E-state index contributed by atoms with van der Waals surface area (Å²) in [5.74, 6) is 1.04. The van der Waals surface area contributed by atoms with Gasteiger partial charge in [0.25, 0.3) is 0 Å². The summed E-state index contributed by atoms with van der Waals surface area (Å²) in [5, 5.41) is 23.0. The van der Waals surface area contributed by atoms with Gasteiger partial charge in [0.05, 0.1) is 12.2 Å². The van der Waals surface area contributed by atoms with Gasteiger partial charge in [0, 0.05) is 35.6 Å². The first-order valence-corrected chi connectivity index (χ1v) is 11.9. The molecule has 4 nitrogen and oxygen atoms in total. The third kappa shape index (κ3) is 5.15. The number of unbranched alkanes of at least 4 members (excludes halogenated alkanes) is 1. The molecule has 1 aromatic carbocycles. The van der Waals surface area contributed by atoms with E-state index < -0.39 is 12.2 Å².